The van der Waals surface area contributed by atoms with Crippen molar-refractivity contribution in [3.8, 4) is 0 Å². The van der Waals surface area contributed by atoms with Gasteiger partial charge in [-0.25, -0.2) is 15.0 Å². The molecule has 1 aliphatic rings. The minimum absolute atomic E-state index is 0.0548. The summed E-state index contributed by atoms with van der Waals surface area (Å²) in [5, 5.41) is 27.7. The molecule has 3 heterocycles. The second-order valence-corrected chi connectivity index (χ2v) is 8.22. The average molecular weight is 473 g/mol. The average Bonchev–Trinajstić information content (AvgIpc) is 3.29. The summed E-state index contributed by atoms with van der Waals surface area (Å²) >= 11 is 3.34. The van der Waals surface area contributed by atoms with Gasteiger partial charge in [-0.3, -0.25) is 9.48 Å². The molecule has 10 heteroatoms. The van der Waals surface area contributed by atoms with E-state index in [1.165, 1.54) is 12.5 Å². The molecule has 0 unspecified atom stereocenters. The van der Waals surface area contributed by atoms with E-state index < -0.39 is 18.2 Å². The number of nitrogens with zero attached hydrogens (tertiary/aromatic N) is 5. The summed E-state index contributed by atoms with van der Waals surface area (Å²) in [6.45, 7) is 2.29. The molecular weight excluding hydrogens is 452 g/mol. The van der Waals surface area contributed by atoms with Gasteiger partial charge < -0.3 is 15.5 Å². The molecule has 3 aromatic rings. The zero-order valence-electron chi connectivity index (χ0n) is 16.2. The zero-order valence-corrected chi connectivity index (χ0v) is 17.8. The maximum atomic E-state index is 13.0. The molecule has 0 radical (unpaired) electrons. The third-order valence-electron chi connectivity index (χ3n) is 5.22. The Morgan fingerprint density at radius 3 is 2.87 bits per heavy atom. The smallest absolute Gasteiger partial charge is 0.218 e. The van der Waals surface area contributed by atoms with Crippen LogP contribution < -0.4 is 5.32 Å². The first kappa shape index (κ1) is 20.6. The first-order chi connectivity index (χ1) is 14.4. The number of pyridine rings is 1. The number of rotatable bonds is 6. The van der Waals surface area contributed by atoms with E-state index >= 15 is 0 Å². The number of carbonyl (C=O) groups is 1. The highest BCUT2D eigenvalue weighted by Crippen LogP contribution is 2.29. The van der Waals surface area contributed by atoms with Gasteiger partial charge in [-0.2, -0.15) is 5.10 Å². The summed E-state index contributed by atoms with van der Waals surface area (Å²) in [6.07, 6.45) is 3.28. The molecule has 0 aromatic carbocycles. The highest BCUT2D eigenvalue weighted by Gasteiger charge is 2.39. The monoisotopic (exact) mass is 472 g/mol. The lowest BCUT2D eigenvalue weighted by Gasteiger charge is -2.19. The molecule has 3 N–H and O–H groups in total. The van der Waals surface area contributed by atoms with E-state index in [2.05, 4.69) is 41.3 Å². The van der Waals surface area contributed by atoms with Crippen LogP contribution in [0.3, 0.4) is 0 Å². The van der Waals surface area contributed by atoms with E-state index in [-0.39, 0.29) is 23.0 Å². The number of aliphatic hydroxyl groups excluding tert-OH is 2. The number of hydrogen-bond acceptors (Lipinski definition) is 8. The fourth-order valence-corrected chi connectivity index (χ4v) is 3.98. The van der Waals surface area contributed by atoms with Crippen molar-refractivity contribution in [1.82, 2.24) is 24.7 Å². The standard InChI is InChI=1S/C20H21BrN6O3/c1-11-7-15(19(30)17(11)28)25-20-13(8-22-10-23-20)18(29)14-5-6-27(26-14)9-12-3-2-4-16(21)24-12/h2-6,8,10-11,15,17,19,28,30H,7,9H2,1H3,(H,22,23,25)/t11-,15-,17-,19+/m1/s1. The van der Waals surface area contributed by atoms with E-state index in [9.17, 15) is 15.0 Å². The van der Waals surface area contributed by atoms with Crippen molar-refractivity contribution >= 4 is 27.5 Å². The van der Waals surface area contributed by atoms with Crippen molar-refractivity contribution in [2.24, 2.45) is 5.92 Å². The van der Waals surface area contributed by atoms with Crippen molar-refractivity contribution in [2.45, 2.75) is 38.1 Å². The Kier molecular flexibility index (Phi) is 5.89. The lowest BCUT2D eigenvalue weighted by atomic mass is 10.1. The van der Waals surface area contributed by atoms with E-state index in [1.807, 2.05) is 25.1 Å². The number of halogens is 1. The van der Waals surface area contributed by atoms with Crippen LogP contribution in [-0.4, -0.2) is 59.0 Å². The Labute approximate surface area is 181 Å². The van der Waals surface area contributed by atoms with Gasteiger partial charge in [0.15, 0.2) is 0 Å². The molecule has 4 rings (SSSR count). The number of nitrogens with one attached hydrogen (secondary N) is 1. The van der Waals surface area contributed by atoms with Crippen LogP contribution in [0.2, 0.25) is 0 Å². The number of aromatic nitrogens is 5. The van der Waals surface area contributed by atoms with Crippen LogP contribution in [0, 0.1) is 5.92 Å². The maximum absolute atomic E-state index is 13.0. The Balaban J connectivity index is 1.52. The van der Waals surface area contributed by atoms with Gasteiger partial charge in [0.1, 0.15) is 28.5 Å². The first-order valence-corrected chi connectivity index (χ1v) is 10.3. The Hall–Kier alpha value is -2.69. The molecule has 1 fully saturated rings. The van der Waals surface area contributed by atoms with E-state index in [4.69, 9.17) is 0 Å². The second-order valence-electron chi connectivity index (χ2n) is 7.41. The third kappa shape index (κ3) is 4.25. The topological polar surface area (TPSA) is 126 Å². The lowest BCUT2D eigenvalue weighted by Crippen LogP contribution is -2.35. The van der Waals surface area contributed by atoms with Gasteiger partial charge in [0.2, 0.25) is 5.78 Å². The van der Waals surface area contributed by atoms with Gasteiger partial charge in [-0.15, -0.1) is 0 Å². The second kappa shape index (κ2) is 8.58. The molecule has 0 amide bonds. The first-order valence-electron chi connectivity index (χ1n) is 9.54. The molecule has 30 heavy (non-hydrogen) atoms. The molecule has 0 aliphatic heterocycles. The molecule has 0 spiro atoms. The minimum Gasteiger partial charge on any atom is -0.390 e. The quantitative estimate of drug-likeness (QED) is 0.365. The van der Waals surface area contributed by atoms with Gasteiger partial charge in [-0.1, -0.05) is 13.0 Å². The van der Waals surface area contributed by atoms with E-state index in [1.54, 1.807) is 16.9 Å². The van der Waals surface area contributed by atoms with Gasteiger partial charge in [0.25, 0.3) is 0 Å². The molecule has 3 aromatic heterocycles. The Morgan fingerprint density at radius 1 is 1.30 bits per heavy atom. The Bertz CT molecular complexity index is 1060. The van der Waals surface area contributed by atoms with Gasteiger partial charge in [0.05, 0.1) is 29.9 Å². The highest BCUT2D eigenvalue weighted by molar-refractivity contribution is 9.10. The largest absolute Gasteiger partial charge is 0.390 e. The number of aliphatic hydroxyl groups is 2. The number of carbonyl (C=O) groups excluding carboxylic acids is 1. The van der Waals surface area contributed by atoms with Crippen molar-refractivity contribution in [2.75, 3.05) is 5.32 Å². The maximum Gasteiger partial charge on any atom is 0.218 e. The SMILES string of the molecule is C[C@@H]1C[C@@H](Nc2ncncc2C(=O)c2ccn(Cc3cccc(Br)n3)n2)[C@H](O)[C@@H]1O. The number of ketones is 1. The molecule has 9 nitrogen and oxygen atoms in total. The van der Waals surface area contributed by atoms with Gasteiger partial charge in [-0.05, 0) is 46.5 Å². The minimum atomic E-state index is -0.935. The number of anilines is 1. The van der Waals surface area contributed by atoms with Crippen LogP contribution in [-0.2, 0) is 6.54 Å². The van der Waals surface area contributed by atoms with Crippen molar-refractivity contribution in [1.29, 1.82) is 0 Å². The van der Waals surface area contributed by atoms with E-state index in [0.717, 1.165) is 10.3 Å². The summed E-state index contributed by atoms with van der Waals surface area (Å²) in [4.78, 5) is 25.5. The fourth-order valence-electron chi connectivity index (χ4n) is 3.60. The van der Waals surface area contributed by atoms with Crippen molar-refractivity contribution in [3.63, 3.8) is 0 Å². The molecule has 0 saturated heterocycles. The summed E-state index contributed by atoms with van der Waals surface area (Å²) < 4.78 is 2.37. The van der Waals surface area contributed by atoms with Gasteiger partial charge >= 0.3 is 0 Å². The van der Waals surface area contributed by atoms with Crippen LogP contribution in [0.1, 0.15) is 35.1 Å². The predicted octanol–water partition coefficient (Wildman–Crippen LogP) is 1.65. The number of hydrogen-bond donors (Lipinski definition) is 3. The molecule has 0 bridgehead atoms. The van der Waals surface area contributed by atoms with Crippen LogP contribution in [0.15, 0.2) is 47.6 Å². The lowest BCUT2D eigenvalue weighted by molar-refractivity contribution is 0.0210. The Morgan fingerprint density at radius 2 is 2.13 bits per heavy atom. The molecule has 4 atom stereocenters. The van der Waals surface area contributed by atoms with Gasteiger partial charge in [0, 0.05) is 12.4 Å². The predicted molar refractivity (Wildman–Crippen MR) is 112 cm³/mol. The zero-order chi connectivity index (χ0) is 21.3. The molecular formula is C20H21BrN6O3. The highest BCUT2D eigenvalue weighted by atomic mass is 79.9. The fraction of sp³-hybridized carbons (Fsp3) is 0.350. The third-order valence-corrected chi connectivity index (χ3v) is 5.66. The summed E-state index contributed by atoms with van der Waals surface area (Å²) in [7, 11) is 0. The summed E-state index contributed by atoms with van der Waals surface area (Å²) in [5.74, 6) is -0.0792. The van der Waals surface area contributed by atoms with Crippen molar-refractivity contribution in [3.05, 3.63) is 64.5 Å². The summed E-state index contributed by atoms with van der Waals surface area (Å²) in [5.41, 5.74) is 1.31. The van der Waals surface area contributed by atoms with Crippen LogP contribution >= 0.6 is 15.9 Å². The van der Waals surface area contributed by atoms with Crippen molar-refractivity contribution < 1.29 is 15.0 Å². The summed E-state index contributed by atoms with van der Waals surface area (Å²) in [6, 6.07) is 6.83. The van der Waals surface area contributed by atoms with E-state index in [0.29, 0.717) is 18.8 Å². The van der Waals surface area contributed by atoms with Crippen LogP contribution in [0.25, 0.3) is 0 Å². The van der Waals surface area contributed by atoms with Crippen LogP contribution in [0.5, 0.6) is 0 Å². The molecule has 1 saturated carbocycles. The van der Waals surface area contributed by atoms with Crippen LogP contribution in [0.4, 0.5) is 5.82 Å². The molecule has 1 aliphatic carbocycles. The molecule has 156 valence electrons. The normalized spacial score (nSPS) is 23.5.